The van der Waals surface area contributed by atoms with Crippen molar-refractivity contribution < 1.29 is 9.53 Å². The van der Waals surface area contributed by atoms with Crippen molar-refractivity contribution in [3.8, 4) is 5.75 Å². The Labute approximate surface area is 108 Å². The number of amides is 1. The quantitative estimate of drug-likeness (QED) is 0.785. The number of carbonyl (C=O) groups is 1. The molecule has 0 aromatic heterocycles. The van der Waals surface area contributed by atoms with Crippen LogP contribution >= 0.6 is 0 Å². The van der Waals surface area contributed by atoms with Crippen LogP contribution < -0.4 is 15.8 Å². The Morgan fingerprint density at radius 3 is 2.78 bits per heavy atom. The smallest absolute Gasteiger partial charge is 0.253 e. The van der Waals surface area contributed by atoms with Crippen LogP contribution in [0.4, 0.5) is 5.69 Å². The van der Waals surface area contributed by atoms with Crippen molar-refractivity contribution in [3.05, 3.63) is 23.8 Å². The second-order valence-electron chi connectivity index (χ2n) is 4.99. The van der Waals surface area contributed by atoms with Gasteiger partial charge in [-0.2, -0.15) is 0 Å². The van der Waals surface area contributed by atoms with E-state index in [1.54, 1.807) is 25.3 Å². The first-order valence-electron chi connectivity index (χ1n) is 6.32. The Hall–Kier alpha value is -1.71. The summed E-state index contributed by atoms with van der Waals surface area (Å²) in [4.78, 5) is 12.1. The van der Waals surface area contributed by atoms with E-state index in [0.717, 1.165) is 13.0 Å². The molecule has 0 radical (unpaired) electrons. The van der Waals surface area contributed by atoms with Gasteiger partial charge in [0.2, 0.25) is 0 Å². The first-order chi connectivity index (χ1) is 8.60. The van der Waals surface area contributed by atoms with Gasteiger partial charge < -0.3 is 15.8 Å². The average molecular weight is 248 g/mol. The molecule has 0 aliphatic heterocycles. The zero-order valence-electron chi connectivity index (χ0n) is 11.0. The van der Waals surface area contributed by atoms with Crippen LogP contribution in [0.2, 0.25) is 0 Å². The molecule has 1 saturated carbocycles. The average Bonchev–Trinajstić information content (AvgIpc) is 3.17. The van der Waals surface area contributed by atoms with Crippen LogP contribution in [0, 0.1) is 5.41 Å². The van der Waals surface area contributed by atoms with Crippen molar-refractivity contribution in [1.82, 2.24) is 5.32 Å². The van der Waals surface area contributed by atoms with E-state index in [1.807, 2.05) is 0 Å². The molecule has 18 heavy (non-hydrogen) atoms. The number of anilines is 1. The molecule has 1 aromatic carbocycles. The summed E-state index contributed by atoms with van der Waals surface area (Å²) in [5, 5.41) is 2.97. The predicted molar refractivity (Wildman–Crippen MR) is 71.7 cm³/mol. The topological polar surface area (TPSA) is 64.3 Å². The van der Waals surface area contributed by atoms with E-state index in [-0.39, 0.29) is 5.91 Å². The summed E-state index contributed by atoms with van der Waals surface area (Å²) >= 11 is 0. The summed E-state index contributed by atoms with van der Waals surface area (Å²) in [5.74, 6) is 0.525. The van der Waals surface area contributed by atoms with Crippen LogP contribution in [0.25, 0.3) is 0 Å². The molecule has 1 aliphatic rings. The molecule has 0 spiro atoms. The highest BCUT2D eigenvalue weighted by molar-refractivity contribution is 5.99. The Morgan fingerprint density at radius 1 is 1.50 bits per heavy atom. The third-order valence-corrected chi connectivity index (χ3v) is 3.84. The summed E-state index contributed by atoms with van der Waals surface area (Å²) in [6, 6.07) is 5.12. The van der Waals surface area contributed by atoms with Crippen molar-refractivity contribution in [2.24, 2.45) is 5.41 Å². The number of benzene rings is 1. The zero-order chi connectivity index (χ0) is 13.2. The fourth-order valence-corrected chi connectivity index (χ4v) is 2.05. The van der Waals surface area contributed by atoms with Crippen LogP contribution in [0.15, 0.2) is 18.2 Å². The lowest BCUT2D eigenvalue weighted by Gasteiger charge is -2.14. The number of hydrogen-bond donors (Lipinski definition) is 2. The van der Waals surface area contributed by atoms with E-state index >= 15 is 0 Å². The Morgan fingerprint density at radius 2 is 2.22 bits per heavy atom. The molecule has 0 atom stereocenters. The van der Waals surface area contributed by atoms with Gasteiger partial charge >= 0.3 is 0 Å². The number of nitrogens with one attached hydrogen (secondary N) is 1. The number of methoxy groups -OCH3 is 1. The number of nitrogen functional groups attached to an aromatic ring is 1. The minimum atomic E-state index is -0.119. The Bertz CT molecular complexity index is 453. The fraction of sp³-hybridized carbons (Fsp3) is 0.500. The molecule has 0 unspecified atom stereocenters. The van der Waals surface area contributed by atoms with Gasteiger partial charge in [0.1, 0.15) is 5.75 Å². The molecule has 0 bridgehead atoms. The largest absolute Gasteiger partial charge is 0.497 e. The molecule has 1 amide bonds. The molecular formula is C14H20N2O2. The summed E-state index contributed by atoms with van der Waals surface area (Å²) in [6.45, 7) is 2.90. The van der Waals surface area contributed by atoms with Crippen molar-refractivity contribution in [3.63, 3.8) is 0 Å². The van der Waals surface area contributed by atoms with Crippen molar-refractivity contribution in [1.29, 1.82) is 0 Å². The maximum absolute atomic E-state index is 12.1. The third kappa shape index (κ3) is 2.58. The predicted octanol–water partition coefficient (Wildman–Crippen LogP) is 2.20. The molecule has 4 heteroatoms. The standard InChI is InChI=1S/C14H20N2O2/c1-3-14(6-7-14)9-16-13(17)11-8-10(18-2)4-5-12(11)15/h4-5,8H,3,6-7,9,15H2,1-2H3,(H,16,17). The lowest BCUT2D eigenvalue weighted by atomic mass is 10.0. The molecule has 1 fully saturated rings. The van der Waals surface area contributed by atoms with E-state index in [4.69, 9.17) is 10.5 Å². The van der Waals surface area contributed by atoms with Crippen LogP contribution in [0.1, 0.15) is 36.5 Å². The van der Waals surface area contributed by atoms with E-state index in [0.29, 0.717) is 22.4 Å². The summed E-state index contributed by atoms with van der Waals surface area (Å²) in [6.07, 6.45) is 3.52. The van der Waals surface area contributed by atoms with Crippen molar-refractivity contribution in [2.45, 2.75) is 26.2 Å². The molecule has 0 saturated heterocycles. The Balaban J connectivity index is 2.04. The molecule has 98 valence electrons. The first-order valence-corrected chi connectivity index (χ1v) is 6.32. The van der Waals surface area contributed by atoms with E-state index < -0.39 is 0 Å². The van der Waals surface area contributed by atoms with E-state index in [2.05, 4.69) is 12.2 Å². The van der Waals surface area contributed by atoms with Crippen LogP contribution in [-0.2, 0) is 0 Å². The van der Waals surface area contributed by atoms with Gasteiger partial charge in [-0.1, -0.05) is 6.92 Å². The van der Waals surface area contributed by atoms with Gasteiger partial charge in [0, 0.05) is 12.2 Å². The molecular weight excluding hydrogens is 228 g/mol. The van der Waals surface area contributed by atoms with Crippen LogP contribution in [0.5, 0.6) is 5.75 Å². The van der Waals surface area contributed by atoms with Gasteiger partial charge in [-0.05, 0) is 42.9 Å². The number of nitrogens with two attached hydrogens (primary N) is 1. The summed E-state index contributed by atoms with van der Waals surface area (Å²) in [5.41, 5.74) is 7.12. The minimum Gasteiger partial charge on any atom is -0.497 e. The summed E-state index contributed by atoms with van der Waals surface area (Å²) in [7, 11) is 1.57. The Kier molecular flexibility index (Phi) is 3.45. The lowest BCUT2D eigenvalue weighted by molar-refractivity contribution is 0.0945. The molecule has 1 aliphatic carbocycles. The van der Waals surface area contributed by atoms with Gasteiger partial charge in [0.05, 0.1) is 12.7 Å². The van der Waals surface area contributed by atoms with E-state index in [1.165, 1.54) is 12.8 Å². The fourth-order valence-electron chi connectivity index (χ4n) is 2.05. The lowest BCUT2D eigenvalue weighted by Crippen LogP contribution is -2.30. The maximum atomic E-state index is 12.1. The number of ether oxygens (including phenoxy) is 1. The van der Waals surface area contributed by atoms with E-state index in [9.17, 15) is 4.79 Å². The molecule has 2 rings (SSSR count). The second-order valence-corrected chi connectivity index (χ2v) is 4.99. The number of rotatable bonds is 5. The van der Waals surface area contributed by atoms with Crippen molar-refractivity contribution >= 4 is 11.6 Å². The van der Waals surface area contributed by atoms with Gasteiger partial charge in [-0.3, -0.25) is 4.79 Å². The number of carbonyl (C=O) groups excluding carboxylic acids is 1. The van der Waals surface area contributed by atoms with Gasteiger partial charge in [0.15, 0.2) is 0 Å². The second kappa shape index (κ2) is 4.88. The highest BCUT2D eigenvalue weighted by atomic mass is 16.5. The SMILES string of the molecule is CCC1(CNC(=O)c2cc(OC)ccc2N)CC1. The van der Waals surface area contributed by atoms with Crippen molar-refractivity contribution in [2.75, 3.05) is 19.4 Å². The summed E-state index contributed by atoms with van der Waals surface area (Å²) < 4.78 is 5.10. The highest BCUT2D eigenvalue weighted by Gasteiger charge is 2.40. The molecule has 0 heterocycles. The van der Waals surface area contributed by atoms with Crippen LogP contribution in [-0.4, -0.2) is 19.6 Å². The van der Waals surface area contributed by atoms with Gasteiger partial charge in [0.25, 0.3) is 5.91 Å². The molecule has 1 aromatic rings. The minimum absolute atomic E-state index is 0.119. The molecule has 4 nitrogen and oxygen atoms in total. The monoisotopic (exact) mass is 248 g/mol. The first kappa shape index (κ1) is 12.7. The maximum Gasteiger partial charge on any atom is 0.253 e. The zero-order valence-corrected chi connectivity index (χ0v) is 11.0. The normalized spacial score (nSPS) is 16.1. The van der Waals surface area contributed by atoms with Gasteiger partial charge in [-0.25, -0.2) is 0 Å². The van der Waals surface area contributed by atoms with Gasteiger partial charge in [-0.15, -0.1) is 0 Å². The highest BCUT2D eigenvalue weighted by Crippen LogP contribution is 2.47. The van der Waals surface area contributed by atoms with Crippen LogP contribution in [0.3, 0.4) is 0 Å². The third-order valence-electron chi connectivity index (χ3n) is 3.84. The number of hydrogen-bond acceptors (Lipinski definition) is 3. The molecule has 3 N–H and O–H groups in total.